The number of fused-ring (bicyclic) bond motifs is 1. The second kappa shape index (κ2) is 7.89. The molecular formula is C20H21ClN2O2S. The second-order valence-electron chi connectivity index (χ2n) is 6.84. The van der Waals surface area contributed by atoms with Crippen LogP contribution in [0.25, 0.3) is 10.9 Å². The number of halogens is 1. The lowest BCUT2D eigenvalue weighted by Crippen LogP contribution is -2.24. The third-order valence-corrected chi connectivity index (χ3v) is 6.39. The fraction of sp³-hybridized carbons (Fsp3) is 0.400. The summed E-state index contributed by atoms with van der Waals surface area (Å²) in [5, 5.41) is 1.92. The molecule has 1 aliphatic carbocycles. The van der Waals surface area contributed by atoms with E-state index in [2.05, 4.69) is 0 Å². The van der Waals surface area contributed by atoms with Gasteiger partial charge in [0, 0.05) is 10.8 Å². The SMILES string of the molecule is O=c1c2ccc(Cl)cc2nc(SCC2CCCCC2)n1Cc1ccco1. The zero-order valence-electron chi connectivity index (χ0n) is 14.5. The highest BCUT2D eigenvalue weighted by Gasteiger charge is 2.17. The minimum atomic E-state index is -0.0470. The molecule has 6 heteroatoms. The summed E-state index contributed by atoms with van der Waals surface area (Å²) in [4.78, 5) is 17.8. The molecule has 1 fully saturated rings. The lowest BCUT2D eigenvalue weighted by molar-refractivity contribution is 0.390. The van der Waals surface area contributed by atoms with Gasteiger partial charge >= 0.3 is 0 Å². The number of hydrogen-bond donors (Lipinski definition) is 0. The van der Waals surface area contributed by atoms with Crippen LogP contribution >= 0.6 is 23.4 Å². The number of nitrogens with zero attached hydrogens (tertiary/aromatic N) is 2. The molecule has 1 aliphatic rings. The van der Waals surface area contributed by atoms with Crippen LogP contribution in [0.2, 0.25) is 5.02 Å². The Hall–Kier alpha value is -1.72. The molecule has 0 saturated heterocycles. The van der Waals surface area contributed by atoms with E-state index >= 15 is 0 Å². The summed E-state index contributed by atoms with van der Waals surface area (Å²) in [6.07, 6.45) is 8.14. The summed E-state index contributed by atoms with van der Waals surface area (Å²) in [6.45, 7) is 0.393. The molecule has 0 radical (unpaired) electrons. The zero-order valence-corrected chi connectivity index (χ0v) is 16.1. The molecule has 3 aromatic rings. The first kappa shape index (κ1) is 17.7. The molecule has 0 atom stereocenters. The van der Waals surface area contributed by atoms with E-state index in [0.29, 0.717) is 28.4 Å². The number of benzene rings is 1. The van der Waals surface area contributed by atoms with E-state index in [0.717, 1.165) is 16.7 Å². The molecule has 26 heavy (non-hydrogen) atoms. The molecule has 2 aromatic heterocycles. The average Bonchev–Trinajstić information content (AvgIpc) is 3.16. The van der Waals surface area contributed by atoms with Crippen molar-refractivity contribution in [1.29, 1.82) is 0 Å². The Bertz CT molecular complexity index is 946. The minimum Gasteiger partial charge on any atom is -0.467 e. The van der Waals surface area contributed by atoms with Crippen molar-refractivity contribution < 1.29 is 4.42 Å². The Morgan fingerprint density at radius 2 is 2.08 bits per heavy atom. The first-order chi connectivity index (χ1) is 12.7. The molecule has 4 rings (SSSR count). The fourth-order valence-corrected chi connectivity index (χ4v) is 4.88. The number of aromatic nitrogens is 2. The van der Waals surface area contributed by atoms with Crippen LogP contribution in [0.3, 0.4) is 0 Å². The molecular weight excluding hydrogens is 368 g/mol. The topological polar surface area (TPSA) is 48.0 Å². The summed E-state index contributed by atoms with van der Waals surface area (Å²) < 4.78 is 7.18. The standard InChI is InChI=1S/C20H21ClN2O2S/c21-15-8-9-17-18(11-15)22-20(26-13-14-5-2-1-3-6-14)23(19(17)24)12-16-7-4-10-25-16/h4,7-11,14H,1-3,5-6,12-13H2. The van der Waals surface area contributed by atoms with Gasteiger partial charge in [-0.3, -0.25) is 9.36 Å². The Labute approximate surface area is 161 Å². The average molecular weight is 389 g/mol. The maximum Gasteiger partial charge on any atom is 0.262 e. The molecule has 1 saturated carbocycles. The highest BCUT2D eigenvalue weighted by molar-refractivity contribution is 7.99. The summed E-state index contributed by atoms with van der Waals surface area (Å²) in [5.74, 6) is 2.45. The molecule has 0 amide bonds. The highest BCUT2D eigenvalue weighted by atomic mass is 35.5. The summed E-state index contributed by atoms with van der Waals surface area (Å²) in [7, 11) is 0. The van der Waals surface area contributed by atoms with Crippen molar-refractivity contribution >= 4 is 34.3 Å². The van der Waals surface area contributed by atoms with E-state index in [1.54, 1.807) is 40.8 Å². The quantitative estimate of drug-likeness (QED) is 0.436. The largest absolute Gasteiger partial charge is 0.467 e. The van der Waals surface area contributed by atoms with Gasteiger partial charge in [-0.25, -0.2) is 4.98 Å². The number of hydrogen-bond acceptors (Lipinski definition) is 4. The third-order valence-electron chi connectivity index (χ3n) is 4.95. The number of furan rings is 1. The van der Waals surface area contributed by atoms with Gasteiger partial charge in [-0.05, 0) is 49.1 Å². The van der Waals surface area contributed by atoms with E-state index < -0.39 is 0 Å². The van der Waals surface area contributed by atoms with Crippen molar-refractivity contribution in [3.05, 3.63) is 57.7 Å². The van der Waals surface area contributed by atoms with Crippen LogP contribution in [0.4, 0.5) is 0 Å². The van der Waals surface area contributed by atoms with Crippen molar-refractivity contribution in [2.45, 2.75) is 43.8 Å². The van der Waals surface area contributed by atoms with E-state index in [9.17, 15) is 4.79 Å². The van der Waals surface area contributed by atoms with E-state index in [4.69, 9.17) is 21.0 Å². The summed E-state index contributed by atoms with van der Waals surface area (Å²) >= 11 is 7.78. The third kappa shape index (κ3) is 3.84. The lowest BCUT2D eigenvalue weighted by Gasteiger charge is -2.21. The Balaban J connectivity index is 1.70. The van der Waals surface area contributed by atoms with Crippen LogP contribution in [0.15, 0.2) is 51.0 Å². The summed E-state index contributed by atoms with van der Waals surface area (Å²) in [6, 6.07) is 8.97. The van der Waals surface area contributed by atoms with Crippen molar-refractivity contribution in [1.82, 2.24) is 9.55 Å². The summed E-state index contributed by atoms with van der Waals surface area (Å²) in [5.41, 5.74) is 0.610. The molecule has 4 nitrogen and oxygen atoms in total. The van der Waals surface area contributed by atoms with Gasteiger partial charge < -0.3 is 4.42 Å². The lowest BCUT2D eigenvalue weighted by atomic mass is 9.91. The predicted octanol–water partition coefficient (Wildman–Crippen LogP) is 5.36. The van der Waals surface area contributed by atoms with Crippen molar-refractivity contribution in [2.75, 3.05) is 5.75 Å². The second-order valence-corrected chi connectivity index (χ2v) is 8.27. The van der Waals surface area contributed by atoms with Crippen LogP contribution in [0.1, 0.15) is 37.9 Å². The monoisotopic (exact) mass is 388 g/mol. The van der Waals surface area contributed by atoms with Gasteiger partial charge in [-0.1, -0.05) is 42.6 Å². The zero-order chi connectivity index (χ0) is 17.9. The van der Waals surface area contributed by atoms with Crippen molar-refractivity contribution in [3.63, 3.8) is 0 Å². The molecule has 2 heterocycles. The molecule has 1 aromatic carbocycles. The molecule has 0 aliphatic heterocycles. The van der Waals surface area contributed by atoms with Crippen LogP contribution in [0, 0.1) is 5.92 Å². The smallest absolute Gasteiger partial charge is 0.262 e. The highest BCUT2D eigenvalue weighted by Crippen LogP contribution is 2.30. The maximum absolute atomic E-state index is 13.1. The van der Waals surface area contributed by atoms with Gasteiger partial charge in [0.05, 0.1) is 23.7 Å². The van der Waals surface area contributed by atoms with Gasteiger partial charge in [-0.2, -0.15) is 0 Å². The van der Waals surface area contributed by atoms with E-state index in [-0.39, 0.29) is 5.56 Å². The van der Waals surface area contributed by atoms with Crippen molar-refractivity contribution in [2.24, 2.45) is 5.92 Å². The normalized spacial score (nSPS) is 15.6. The first-order valence-corrected chi connectivity index (χ1v) is 10.4. The molecule has 136 valence electrons. The Morgan fingerprint density at radius 3 is 2.85 bits per heavy atom. The first-order valence-electron chi connectivity index (χ1n) is 9.06. The van der Waals surface area contributed by atoms with E-state index in [1.165, 1.54) is 32.1 Å². The molecule has 0 spiro atoms. The maximum atomic E-state index is 13.1. The van der Waals surface area contributed by atoms with Gasteiger partial charge in [0.1, 0.15) is 5.76 Å². The number of thioether (sulfide) groups is 1. The number of rotatable bonds is 5. The van der Waals surface area contributed by atoms with Gasteiger partial charge in [0.15, 0.2) is 5.16 Å². The van der Waals surface area contributed by atoms with E-state index in [1.807, 2.05) is 12.1 Å². The van der Waals surface area contributed by atoms with Gasteiger partial charge in [0.25, 0.3) is 5.56 Å². The minimum absolute atomic E-state index is 0.0470. The molecule has 0 unspecified atom stereocenters. The molecule has 0 N–H and O–H groups in total. The van der Waals surface area contributed by atoms with Crippen LogP contribution in [-0.2, 0) is 6.54 Å². The van der Waals surface area contributed by atoms with Crippen molar-refractivity contribution in [3.8, 4) is 0 Å². The van der Waals surface area contributed by atoms with Crippen LogP contribution in [0.5, 0.6) is 0 Å². The Kier molecular flexibility index (Phi) is 5.36. The fourth-order valence-electron chi connectivity index (χ4n) is 3.53. The van der Waals surface area contributed by atoms with Gasteiger partial charge in [-0.15, -0.1) is 0 Å². The van der Waals surface area contributed by atoms with Crippen LogP contribution < -0.4 is 5.56 Å². The molecule has 0 bridgehead atoms. The van der Waals surface area contributed by atoms with Crippen LogP contribution in [-0.4, -0.2) is 15.3 Å². The predicted molar refractivity (Wildman–Crippen MR) is 106 cm³/mol. The Morgan fingerprint density at radius 1 is 1.23 bits per heavy atom. The van der Waals surface area contributed by atoms with Gasteiger partial charge in [0.2, 0.25) is 0 Å².